The van der Waals surface area contributed by atoms with Crippen LogP contribution in [0.25, 0.3) is 0 Å². The lowest BCUT2D eigenvalue weighted by Crippen LogP contribution is -2.48. The van der Waals surface area contributed by atoms with Gasteiger partial charge in [-0.2, -0.15) is 0 Å². The molecule has 0 aromatic heterocycles. The molecule has 0 atom stereocenters. The van der Waals surface area contributed by atoms with Crippen LogP contribution in [0.4, 0.5) is 0 Å². The van der Waals surface area contributed by atoms with Gasteiger partial charge in [0.25, 0.3) is 11.8 Å². The maximum atomic E-state index is 12.6. The minimum atomic E-state index is -0.482. The number of ether oxygens (including phenoxy) is 3. The van der Waals surface area contributed by atoms with Gasteiger partial charge in [0.15, 0.2) is 16.6 Å². The minimum absolute atomic E-state index is 0.0794. The van der Waals surface area contributed by atoms with E-state index in [1.807, 2.05) is 13.8 Å². The average Bonchev–Trinajstić information content (AvgIpc) is 2.72. The van der Waals surface area contributed by atoms with Crippen LogP contribution in [0.3, 0.4) is 0 Å². The fourth-order valence-corrected chi connectivity index (χ4v) is 2.91. The predicted octanol–water partition coefficient (Wildman–Crippen LogP) is 3.20. The lowest BCUT2D eigenvalue weighted by Gasteiger charge is -2.15. The fraction of sp³-hybridized carbons (Fsp3) is 0.250. The number of amides is 2. The van der Waals surface area contributed by atoms with Gasteiger partial charge >= 0.3 is 0 Å². The SMILES string of the molecule is COc1ccc(C(=O)NNC(=S)NC(=O)c2cc(Br)ccc2OC(C)C)cc1OC. The van der Waals surface area contributed by atoms with E-state index in [0.717, 1.165) is 0 Å². The van der Waals surface area contributed by atoms with Gasteiger partial charge in [-0.25, -0.2) is 0 Å². The van der Waals surface area contributed by atoms with E-state index in [1.165, 1.54) is 20.3 Å². The summed E-state index contributed by atoms with van der Waals surface area (Å²) in [6.07, 6.45) is -0.108. The highest BCUT2D eigenvalue weighted by molar-refractivity contribution is 9.10. The smallest absolute Gasteiger partial charge is 0.269 e. The molecule has 0 fully saturated rings. The van der Waals surface area contributed by atoms with E-state index in [9.17, 15) is 9.59 Å². The van der Waals surface area contributed by atoms with Crippen LogP contribution in [0.2, 0.25) is 0 Å². The third kappa shape index (κ3) is 6.33. The minimum Gasteiger partial charge on any atom is -0.493 e. The van der Waals surface area contributed by atoms with Crippen molar-refractivity contribution < 1.29 is 23.8 Å². The molecule has 0 aliphatic carbocycles. The fourth-order valence-electron chi connectivity index (χ4n) is 2.40. The lowest BCUT2D eigenvalue weighted by molar-refractivity contribution is 0.0933. The molecule has 2 rings (SSSR count). The second-order valence-corrected chi connectivity index (χ2v) is 7.56. The van der Waals surface area contributed by atoms with Crippen molar-refractivity contribution in [2.75, 3.05) is 14.2 Å². The molecule has 3 N–H and O–H groups in total. The Kier molecular flexibility index (Phi) is 8.43. The molecule has 0 bridgehead atoms. The van der Waals surface area contributed by atoms with Crippen molar-refractivity contribution in [3.63, 3.8) is 0 Å². The largest absolute Gasteiger partial charge is 0.493 e. The second-order valence-electron chi connectivity index (χ2n) is 6.24. The number of hydrazine groups is 1. The summed E-state index contributed by atoms with van der Waals surface area (Å²) < 4.78 is 16.7. The molecule has 0 heterocycles. The third-order valence-corrected chi connectivity index (χ3v) is 4.41. The van der Waals surface area contributed by atoms with Gasteiger partial charge < -0.3 is 14.2 Å². The number of hydrogen-bond acceptors (Lipinski definition) is 6. The highest BCUT2D eigenvalue weighted by atomic mass is 79.9. The summed E-state index contributed by atoms with van der Waals surface area (Å²) in [5.41, 5.74) is 5.53. The maximum Gasteiger partial charge on any atom is 0.269 e. The molecule has 0 unspecified atom stereocenters. The van der Waals surface area contributed by atoms with Gasteiger partial charge in [0, 0.05) is 10.0 Å². The van der Waals surface area contributed by atoms with Gasteiger partial charge in [0.05, 0.1) is 25.9 Å². The number of benzene rings is 2. The van der Waals surface area contributed by atoms with E-state index < -0.39 is 11.8 Å². The normalized spacial score (nSPS) is 10.2. The van der Waals surface area contributed by atoms with Crippen molar-refractivity contribution in [3.8, 4) is 17.2 Å². The molecule has 0 spiro atoms. The maximum absolute atomic E-state index is 12.6. The molecule has 0 saturated carbocycles. The van der Waals surface area contributed by atoms with Crippen LogP contribution in [0.1, 0.15) is 34.6 Å². The highest BCUT2D eigenvalue weighted by Gasteiger charge is 2.16. The molecule has 2 aromatic carbocycles. The van der Waals surface area contributed by atoms with Crippen LogP contribution in [-0.2, 0) is 0 Å². The van der Waals surface area contributed by atoms with Crippen LogP contribution in [-0.4, -0.2) is 37.3 Å². The summed E-state index contributed by atoms with van der Waals surface area (Å²) >= 11 is 8.43. The van der Waals surface area contributed by atoms with Gasteiger partial charge in [0.1, 0.15) is 5.75 Å². The number of methoxy groups -OCH3 is 2. The van der Waals surface area contributed by atoms with Gasteiger partial charge in [-0.1, -0.05) is 15.9 Å². The molecule has 30 heavy (non-hydrogen) atoms. The molecular formula is C20H22BrN3O5S. The quantitative estimate of drug-likeness (QED) is 0.418. The van der Waals surface area contributed by atoms with Crippen LogP contribution < -0.4 is 30.4 Å². The zero-order valence-electron chi connectivity index (χ0n) is 16.9. The Morgan fingerprint density at radius 2 is 1.60 bits per heavy atom. The Morgan fingerprint density at radius 3 is 2.23 bits per heavy atom. The van der Waals surface area contributed by atoms with Crippen LogP contribution in [0, 0.1) is 0 Å². The van der Waals surface area contributed by atoms with Gasteiger partial charge in [-0.05, 0) is 62.5 Å². The van der Waals surface area contributed by atoms with E-state index in [1.54, 1.807) is 30.3 Å². The zero-order valence-corrected chi connectivity index (χ0v) is 19.3. The number of hydrogen-bond donors (Lipinski definition) is 3. The molecule has 2 aromatic rings. The number of carbonyl (C=O) groups is 2. The van der Waals surface area contributed by atoms with Crippen molar-refractivity contribution in [1.82, 2.24) is 16.2 Å². The topological polar surface area (TPSA) is 97.9 Å². The van der Waals surface area contributed by atoms with Crippen molar-refractivity contribution in [2.45, 2.75) is 20.0 Å². The number of halogens is 1. The Hall–Kier alpha value is -2.85. The summed E-state index contributed by atoms with van der Waals surface area (Å²) in [6, 6.07) is 9.78. The van der Waals surface area contributed by atoms with Gasteiger partial charge in [0.2, 0.25) is 0 Å². The average molecular weight is 496 g/mol. The first-order valence-corrected chi connectivity index (χ1v) is 10.0. The number of nitrogens with one attached hydrogen (secondary N) is 3. The molecule has 0 saturated heterocycles. The molecule has 160 valence electrons. The molecule has 0 aliphatic heterocycles. The number of carbonyl (C=O) groups excluding carboxylic acids is 2. The molecule has 2 amide bonds. The standard InChI is InChI=1S/C20H22BrN3O5S/c1-11(2)29-15-8-6-13(21)10-14(15)19(26)22-20(30)24-23-18(25)12-5-7-16(27-3)17(9-12)28-4/h5-11H,1-4H3,(H,23,25)(H2,22,24,26,30). The highest BCUT2D eigenvalue weighted by Crippen LogP contribution is 2.27. The Morgan fingerprint density at radius 1 is 0.933 bits per heavy atom. The number of rotatable bonds is 6. The molecule has 0 radical (unpaired) electrons. The summed E-state index contributed by atoms with van der Waals surface area (Å²) in [5, 5.41) is 2.43. The third-order valence-electron chi connectivity index (χ3n) is 3.71. The monoisotopic (exact) mass is 495 g/mol. The first-order valence-electron chi connectivity index (χ1n) is 8.85. The summed E-state index contributed by atoms with van der Waals surface area (Å²) in [5.74, 6) is 0.373. The molecular weight excluding hydrogens is 474 g/mol. The first kappa shape index (κ1) is 23.4. The van der Waals surface area contributed by atoms with Crippen molar-refractivity contribution in [3.05, 3.63) is 52.0 Å². The Bertz CT molecular complexity index is 952. The van der Waals surface area contributed by atoms with E-state index in [4.69, 9.17) is 26.4 Å². The van der Waals surface area contributed by atoms with Crippen molar-refractivity contribution in [2.24, 2.45) is 0 Å². The van der Waals surface area contributed by atoms with Crippen LogP contribution >= 0.6 is 28.1 Å². The van der Waals surface area contributed by atoms with E-state index in [2.05, 4.69) is 32.1 Å². The first-order chi connectivity index (χ1) is 14.2. The molecule has 8 nitrogen and oxygen atoms in total. The lowest BCUT2D eigenvalue weighted by atomic mass is 10.2. The number of thiocarbonyl (C=S) groups is 1. The van der Waals surface area contributed by atoms with E-state index in [-0.39, 0.29) is 11.2 Å². The van der Waals surface area contributed by atoms with Crippen molar-refractivity contribution >= 4 is 45.1 Å². The zero-order chi connectivity index (χ0) is 22.3. The summed E-state index contributed by atoms with van der Waals surface area (Å²) in [4.78, 5) is 24.9. The molecule has 0 aliphatic rings. The summed E-state index contributed by atoms with van der Waals surface area (Å²) in [7, 11) is 2.98. The Balaban J connectivity index is 2.00. The summed E-state index contributed by atoms with van der Waals surface area (Å²) in [6.45, 7) is 3.72. The van der Waals surface area contributed by atoms with Crippen LogP contribution in [0.5, 0.6) is 17.2 Å². The second kappa shape index (κ2) is 10.8. The van der Waals surface area contributed by atoms with Crippen LogP contribution in [0.15, 0.2) is 40.9 Å². The predicted molar refractivity (Wildman–Crippen MR) is 120 cm³/mol. The van der Waals surface area contributed by atoms with Gasteiger partial charge in [-0.15, -0.1) is 0 Å². The van der Waals surface area contributed by atoms with Gasteiger partial charge in [-0.3, -0.25) is 25.8 Å². The molecule has 10 heteroatoms. The van der Waals surface area contributed by atoms with Crippen molar-refractivity contribution in [1.29, 1.82) is 0 Å². The Labute approximate surface area is 188 Å². The van der Waals surface area contributed by atoms with E-state index >= 15 is 0 Å². The van der Waals surface area contributed by atoms with E-state index in [0.29, 0.717) is 32.8 Å².